The lowest BCUT2D eigenvalue weighted by molar-refractivity contribution is -0.129. The van der Waals surface area contributed by atoms with Crippen molar-refractivity contribution in [3.8, 4) is 0 Å². The summed E-state index contributed by atoms with van der Waals surface area (Å²) in [5.74, 6) is -0.158. The molecule has 1 aromatic carbocycles. The molecule has 1 aromatic rings. The zero-order chi connectivity index (χ0) is 16.8. The van der Waals surface area contributed by atoms with Gasteiger partial charge in [-0.2, -0.15) is 0 Å². The number of nitrogens with one attached hydrogen (secondary N) is 1. The lowest BCUT2D eigenvalue weighted by Crippen LogP contribution is -2.52. The molecule has 1 aliphatic rings. The predicted octanol–water partition coefficient (Wildman–Crippen LogP) is 2.49. The van der Waals surface area contributed by atoms with Gasteiger partial charge in [0.2, 0.25) is 5.91 Å². The van der Waals surface area contributed by atoms with Crippen LogP contribution in [0.15, 0.2) is 24.3 Å². The van der Waals surface area contributed by atoms with Gasteiger partial charge in [0, 0.05) is 6.54 Å². The summed E-state index contributed by atoms with van der Waals surface area (Å²) in [5.41, 5.74) is 0.603. The Kier molecular flexibility index (Phi) is 6.54. The van der Waals surface area contributed by atoms with Gasteiger partial charge < -0.3 is 10.4 Å². The number of likely N-dealkylation sites (tertiary alicyclic amines) is 1. The van der Waals surface area contributed by atoms with Crippen molar-refractivity contribution >= 4 is 5.91 Å². The van der Waals surface area contributed by atoms with E-state index < -0.39 is 6.10 Å². The molecule has 2 atom stereocenters. The Morgan fingerprint density at radius 3 is 2.39 bits per heavy atom. The van der Waals surface area contributed by atoms with Gasteiger partial charge in [-0.3, -0.25) is 9.69 Å². The number of piperidine rings is 1. The van der Waals surface area contributed by atoms with Crippen molar-refractivity contribution in [1.29, 1.82) is 0 Å². The van der Waals surface area contributed by atoms with Crippen molar-refractivity contribution < 1.29 is 14.3 Å². The van der Waals surface area contributed by atoms with E-state index in [9.17, 15) is 14.3 Å². The Bertz CT molecular complexity index is 498. The number of amides is 1. The third-order valence-electron chi connectivity index (χ3n) is 4.41. The molecule has 0 radical (unpaired) electrons. The first-order chi connectivity index (χ1) is 11.0. The van der Waals surface area contributed by atoms with Crippen LogP contribution in [0.3, 0.4) is 0 Å². The second kappa shape index (κ2) is 8.41. The van der Waals surface area contributed by atoms with Gasteiger partial charge in [0.15, 0.2) is 0 Å². The first kappa shape index (κ1) is 17.9. The number of hydrogen-bond donors (Lipinski definition) is 2. The van der Waals surface area contributed by atoms with Gasteiger partial charge in [0.05, 0.1) is 12.1 Å². The molecule has 23 heavy (non-hydrogen) atoms. The molecule has 2 rings (SSSR count). The number of rotatable bonds is 6. The van der Waals surface area contributed by atoms with Crippen molar-refractivity contribution in [2.45, 2.75) is 45.3 Å². The summed E-state index contributed by atoms with van der Waals surface area (Å²) in [4.78, 5) is 14.8. The summed E-state index contributed by atoms with van der Waals surface area (Å²) >= 11 is 0. The zero-order valence-corrected chi connectivity index (χ0v) is 14.0. The first-order valence-corrected chi connectivity index (χ1v) is 8.44. The van der Waals surface area contributed by atoms with Crippen LogP contribution in [0.25, 0.3) is 0 Å². The van der Waals surface area contributed by atoms with E-state index >= 15 is 0 Å². The van der Waals surface area contributed by atoms with Gasteiger partial charge in [-0.05, 0) is 49.5 Å². The zero-order valence-electron chi connectivity index (χ0n) is 14.0. The van der Waals surface area contributed by atoms with E-state index in [1.165, 1.54) is 30.7 Å². The lowest BCUT2D eigenvalue weighted by Gasteiger charge is -2.36. The summed E-state index contributed by atoms with van der Waals surface area (Å²) in [6.07, 6.45) is 2.67. The summed E-state index contributed by atoms with van der Waals surface area (Å²) in [7, 11) is 0. The summed E-state index contributed by atoms with van der Waals surface area (Å²) in [6.45, 7) is 6.15. The summed E-state index contributed by atoms with van der Waals surface area (Å²) < 4.78 is 12.9. The highest BCUT2D eigenvalue weighted by Gasteiger charge is 2.29. The number of aliphatic hydroxyl groups excluding tert-OH is 1. The Balaban J connectivity index is 1.91. The third kappa shape index (κ3) is 5.01. The van der Waals surface area contributed by atoms with Crippen LogP contribution in [0.2, 0.25) is 0 Å². The van der Waals surface area contributed by atoms with E-state index in [0.29, 0.717) is 5.56 Å². The molecule has 4 nitrogen and oxygen atoms in total. The number of aliphatic hydroxyl groups is 1. The Labute approximate surface area is 137 Å². The molecule has 0 saturated carbocycles. The van der Waals surface area contributed by atoms with Crippen molar-refractivity contribution in [2.75, 3.05) is 19.6 Å². The number of hydrogen-bond acceptors (Lipinski definition) is 3. The number of benzene rings is 1. The highest BCUT2D eigenvalue weighted by Crippen LogP contribution is 2.18. The Hall–Kier alpha value is -1.46. The van der Waals surface area contributed by atoms with Crippen LogP contribution in [0.4, 0.5) is 4.39 Å². The van der Waals surface area contributed by atoms with E-state index in [2.05, 4.69) is 24.1 Å². The van der Waals surface area contributed by atoms with E-state index in [1.807, 2.05) is 0 Å². The molecule has 1 fully saturated rings. The lowest BCUT2D eigenvalue weighted by atomic mass is 9.98. The van der Waals surface area contributed by atoms with Crippen LogP contribution < -0.4 is 5.32 Å². The van der Waals surface area contributed by atoms with Crippen molar-refractivity contribution in [3.63, 3.8) is 0 Å². The molecule has 5 heteroatoms. The van der Waals surface area contributed by atoms with Crippen LogP contribution in [0.5, 0.6) is 0 Å². The van der Waals surface area contributed by atoms with Crippen molar-refractivity contribution in [2.24, 2.45) is 5.92 Å². The predicted molar refractivity (Wildman–Crippen MR) is 88.4 cm³/mol. The largest absolute Gasteiger partial charge is 0.387 e. The van der Waals surface area contributed by atoms with Gasteiger partial charge in [-0.15, -0.1) is 0 Å². The van der Waals surface area contributed by atoms with E-state index in [4.69, 9.17) is 0 Å². The van der Waals surface area contributed by atoms with Gasteiger partial charge in [0.25, 0.3) is 0 Å². The number of carbonyl (C=O) groups is 1. The van der Waals surface area contributed by atoms with Crippen LogP contribution in [0, 0.1) is 11.7 Å². The van der Waals surface area contributed by atoms with Gasteiger partial charge >= 0.3 is 0 Å². The molecular weight excluding hydrogens is 295 g/mol. The molecule has 128 valence electrons. The molecule has 0 aromatic heterocycles. The fourth-order valence-corrected chi connectivity index (χ4v) is 3.19. The van der Waals surface area contributed by atoms with Crippen molar-refractivity contribution in [1.82, 2.24) is 10.2 Å². The molecular formula is C18H27FN2O2. The maximum absolute atomic E-state index is 12.9. The summed E-state index contributed by atoms with van der Waals surface area (Å²) in [5, 5.41) is 13.0. The van der Waals surface area contributed by atoms with Crippen molar-refractivity contribution in [3.05, 3.63) is 35.6 Å². The van der Waals surface area contributed by atoms with Crippen LogP contribution in [0.1, 0.15) is 44.8 Å². The second-order valence-electron chi connectivity index (χ2n) is 6.60. The first-order valence-electron chi connectivity index (χ1n) is 8.44. The molecule has 0 bridgehead atoms. The Morgan fingerprint density at radius 1 is 1.22 bits per heavy atom. The smallest absolute Gasteiger partial charge is 0.237 e. The molecule has 2 N–H and O–H groups in total. The highest BCUT2D eigenvalue weighted by atomic mass is 19.1. The van der Waals surface area contributed by atoms with Gasteiger partial charge in [-0.25, -0.2) is 4.39 Å². The fourth-order valence-electron chi connectivity index (χ4n) is 3.19. The van der Waals surface area contributed by atoms with Crippen LogP contribution in [-0.2, 0) is 4.79 Å². The quantitative estimate of drug-likeness (QED) is 0.846. The second-order valence-corrected chi connectivity index (χ2v) is 6.60. The van der Waals surface area contributed by atoms with Gasteiger partial charge in [0.1, 0.15) is 5.82 Å². The number of carbonyl (C=O) groups excluding carboxylic acids is 1. The fraction of sp³-hybridized carbons (Fsp3) is 0.611. The molecule has 0 spiro atoms. The third-order valence-corrected chi connectivity index (χ3v) is 4.41. The molecule has 0 aliphatic carbocycles. The van der Waals surface area contributed by atoms with Gasteiger partial charge in [-0.1, -0.05) is 32.4 Å². The minimum atomic E-state index is -0.825. The maximum atomic E-state index is 12.9. The monoisotopic (exact) mass is 322 g/mol. The minimum absolute atomic E-state index is 0.0388. The van der Waals surface area contributed by atoms with E-state index in [1.54, 1.807) is 0 Å². The molecule has 1 aliphatic heterocycles. The summed E-state index contributed by atoms with van der Waals surface area (Å²) in [6, 6.07) is 5.54. The minimum Gasteiger partial charge on any atom is -0.387 e. The topological polar surface area (TPSA) is 52.6 Å². The molecule has 1 saturated heterocycles. The van der Waals surface area contributed by atoms with E-state index in [-0.39, 0.29) is 30.2 Å². The van der Waals surface area contributed by atoms with E-state index in [0.717, 1.165) is 25.9 Å². The highest BCUT2D eigenvalue weighted by molar-refractivity contribution is 5.82. The molecule has 1 amide bonds. The average molecular weight is 322 g/mol. The Morgan fingerprint density at radius 2 is 1.83 bits per heavy atom. The average Bonchev–Trinajstić information content (AvgIpc) is 2.54. The normalized spacial score (nSPS) is 18.7. The molecule has 1 heterocycles. The standard InChI is InChI=1S/C18H27FN2O2/c1-13(2)17(21-10-4-3-5-11-21)18(23)20-12-16(22)14-6-8-15(19)9-7-14/h6-9,13,16-17,22H,3-5,10-12H2,1-2H3,(H,20,23). The maximum Gasteiger partial charge on any atom is 0.237 e. The number of halogens is 1. The van der Waals surface area contributed by atoms with Crippen LogP contribution in [-0.4, -0.2) is 41.6 Å². The number of nitrogens with zero attached hydrogens (tertiary/aromatic N) is 1. The molecule has 2 unspecified atom stereocenters. The SMILES string of the molecule is CC(C)C(C(=O)NCC(O)c1ccc(F)cc1)N1CCCCC1. The van der Waals surface area contributed by atoms with Crippen LogP contribution >= 0.6 is 0 Å².